The quantitative estimate of drug-likeness (QED) is 0.00496. The largest absolute Gasteiger partial charge is 0.420 e. The van der Waals surface area contributed by atoms with Crippen molar-refractivity contribution in [2.75, 3.05) is 198 Å². The Kier molecular flexibility index (Phi) is 57.2. The molecule has 53 heteroatoms. The molecule has 6 heterocycles. The van der Waals surface area contributed by atoms with Gasteiger partial charge in [-0.15, -0.1) is 15.3 Å². The Morgan fingerprint density at radius 3 is 1.04 bits per heavy atom. The van der Waals surface area contributed by atoms with E-state index in [9.17, 15) is 101 Å². The first kappa shape index (κ1) is 116. The van der Waals surface area contributed by atoms with Crippen molar-refractivity contribution in [1.29, 1.82) is 0 Å². The zero-order chi connectivity index (χ0) is 98.7. The van der Waals surface area contributed by atoms with Crippen molar-refractivity contribution >= 4 is 41.4 Å². The van der Waals surface area contributed by atoms with E-state index in [0.29, 0.717) is 81.7 Å². The first-order chi connectivity index (χ1) is 66.3. The number of aliphatic hydroxyl groups is 9. The summed E-state index contributed by atoms with van der Waals surface area (Å²) < 4.78 is 166. The van der Waals surface area contributed by atoms with Gasteiger partial charge in [0.05, 0.1) is 233 Å². The molecule has 3 fully saturated rings. The van der Waals surface area contributed by atoms with Crippen LogP contribution in [-0.2, 0) is 148 Å². The van der Waals surface area contributed by atoms with Crippen molar-refractivity contribution in [3.63, 3.8) is 0 Å². The van der Waals surface area contributed by atoms with Crippen LogP contribution in [0.15, 0.2) is 18.6 Å². The zero-order valence-electron chi connectivity index (χ0n) is 76.6. The van der Waals surface area contributed by atoms with Gasteiger partial charge >= 0.3 is 5.97 Å². The molecule has 3 saturated heterocycles. The summed E-state index contributed by atoms with van der Waals surface area (Å²) in [6.45, 7) is 3.23. The van der Waals surface area contributed by atoms with Crippen molar-refractivity contribution in [2.24, 2.45) is 0 Å². The van der Waals surface area contributed by atoms with Crippen LogP contribution in [0, 0.1) is 29.1 Å². The SMILES string of the molecule is O=C(CCOCCOCCn1cc(CCO[C@H]2C[C@@H](O)[C@@H](O)[C@@H](CO)O2)nn1)NCCCC[C@H](NC(=O)CCCNC(=O)CCOCCOCCn1cc(CCO[C@H]2C[C@@H](O)[C@@H](O)[C@@H](CO)O2)nn1)C(=O)N[C@@H](CCCCNC(=O)CCOCCOCCn1cc(CCO[C@H]2C[C@@H](O)[C@@H](O)[C@@H](CO)O2)nn1)C(=O)NCCOCCOCCOCCOCCC(=O)Oc1c(F)c(F)c(F)c(F)c1F. The highest BCUT2D eigenvalue weighted by atomic mass is 19.2. The monoisotopic (exact) mass is 1980 g/mol. The zero-order valence-corrected chi connectivity index (χ0v) is 76.6. The maximum Gasteiger partial charge on any atom is 0.313 e. The lowest BCUT2D eigenvalue weighted by atomic mass is 10.0. The van der Waals surface area contributed by atoms with E-state index >= 15 is 0 Å². The van der Waals surface area contributed by atoms with E-state index in [-0.39, 0.29) is 260 Å². The van der Waals surface area contributed by atoms with Crippen molar-refractivity contribution in [2.45, 2.75) is 221 Å². The number of aliphatic hydroxyl groups excluding tert-OH is 9. The standard InChI is InChI=1S/C84H134F5N15O33/c85-74-75(86)77(88)82(78(89)76(74)87)137-70(115)15-26-124-37-42-129-44-45-130-43-38-125-30-19-93-83(119)58(6-1-3-16-90-66(111)12-23-121-34-39-126-31-20-102-49-55(96-99-102)9-27-131-71-46-60(108)79(116)63(52-105)134-71)95-84(120)59(7-2-4-17-91-67(112)13-24-122-35-40-127-32-21-103-50-56(97-100-103)10-28-132-72-47-61(109)80(117)64(53-106)135-72)94-69(114)8-5-18-92-68(113)14-25-123-36-41-128-33-22-104-51-57(98-101-104)11-29-133-73-48-62(110)81(118)65(54-107)136-73/h49-51,58-65,71-73,79-81,105-110,116-118H,1-48,52-54H2,(H,90,111)(H,91,112)(H,92,113)(H,93,119)(H,94,114)(H,95,120)/t58-,59-,60+,61+,62+,63+,64+,65+,71+,72+,73+,79+,80+,81+/m0/s1. The Balaban J connectivity index is 0.818. The van der Waals surface area contributed by atoms with Crippen LogP contribution in [0.3, 0.4) is 0 Å². The maximum absolute atomic E-state index is 14.4. The number of carbonyl (C=O) groups is 7. The fourth-order valence-electron chi connectivity index (χ4n) is 13.4. The number of nitrogens with zero attached hydrogens (tertiary/aromatic N) is 9. The first-order valence-electron chi connectivity index (χ1n) is 45.9. The lowest BCUT2D eigenvalue weighted by Gasteiger charge is -2.35. The van der Waals surface area contributed by atoms with Gasteiger partial charge < -0.3 is 158 Å². The summed E-state index contributed by atoms with van der Waals surface area (Å²) >= 11 is 0. The van der Waals surface area contributed by atoms with E-state index in [2.05, 4.69) is 67.6 Å². The van der Waals surface area contributed by atoms with E-state index < -0.39 is 171 Å². The van der Waals surface area contributed by atoms with Gasteiger partial charge in [-0.2, -0.15) is 8.78 Å². The molecule has 0 spiro atoms. The third-order valence-electron chi connectivity index (χ3n) is 21.0. The van der Waals surface area contributed by atoms with Gasteiger partial charge in [0, 0.05) is 109 Å². The number of ether oxygens (including phenoxy) is 17. The lowest BCUT2D eigenvalue weighted by Crippen LogP contribution is -2.54. The molecular weight excluding hydrogens is 1840 g/mol. The van der Waals surface area contributed by atoms with Gasteiger partial charge in [0.2, 0.25) is 70.3 Å². The Bertz CT molecular complexity index is 4040. The molecule has 0 bridgehead atoms. The molecule has 0 unspecified atom stereocenters. The highest BCUT2D eigenvalue weighted by molar-refractivity contribution is 5.92. The molecule has 48 nitrogen and oxygen atoms in total. The van der Waals surface area contributed by atoms with E-state index in [1.54, 1.807) is 32.6 Å². The Hall–Kier alpha value is -8.42. The van der Waals surface area contributed by atoms with Crippen LogP contribution < -0.4 is 36.6 Å². The molecule has 0 saturated carbocycles. The predicted molar refractivity (Wildman–Crippen MR) is 458 cm³/mol. The van der Waals surface area contributed by atoms with Gasteiger partial charge in [-0.25, -0.2) is 27.2 Å². The van der Waals surface area contributed by atoms with Crippen LogP contribution >= 0.6 is 0 Å². The number of halogens is 5. The molecule has 4 aromatic rings. The summed E-state index contributed by atoms with van der Waals surface area (Å²) in [7, 11) is 0. The highest BCUT2D eigenvalue weighted by Crippen LogP contribution is 2.30. The Morgan fingerprint density at radius 2 is 0.679 bits per heavy atom. The molecule has 0 aliphatic carbocycles. The van der Waals surface area contributed by atoms with Crippen molar-refractivity contribution in [1.82, 2.24) is 76.9 Å². The van der Waals surface area contributed by atoms with Crippen LogP contribution in [0.25, 0.3) is 0 Å². The maximum atomic E-state index is 14.4. The summed E-state index contributed by atoms with van der Waals surface area (Å²) in [6.07, 6.45) is -4.67. The average molecular weight is 1980 g/mol. The normalized spacial score (nSPS) is 20.5. The number of rotatable bonds is 76. The average Bonchev–Trinajstić information content (AvgIpc) is 1.75. The second-order valence-electron chi connectivity index (χ2n) is 31.6. The summed E-state index contributed by atoms with van der Waals surface area (Å²) in [6, 6.07) is -2.34. The van der Waals surface area contributed by atoms with E-state index in [0.717, 1.165) is 0 Å². The fraction of sp³-hybridized carbons (Fsp3) is 0.774. The van der Waals surface area contributed by atoms with Crippen LogP contribution in [0.2, 0.25) is 0 Å². The lowest BCUT2D eigenvalue weighted by molar-refractivity contribution is -0.256. The van der Waals surface area contributed by atoms with Gasteiger partial charge in [0.25, 0.3) is 0 Å². The Labute approximate surface area is 787 Å². The van der Waals surface area contributed by atoms with Crippen LogP contribution in [0.1, 0.15) is 113 Å². The third-order valence-corrected chi connectivity index (χ3v) is 21.0. The molecule has 3 aliphatic heterocycles. The molecule has 3 aromatic heterocycles. The molecule has 0 radical (unpaired) electrons. The minimum Gasteiger partial charge on any atom is -0.420 e. The van der Waals surface area contributed by atoms with Crippen molar-refractivity contribution < 1.29 is 182 Å². The minimum absolute atomic E-state index is 0.00995. The van der Waals surface area contributed by atoms with Gasteiger partial charge in [0.15, 0.2) is 18.9 Å². The molecule has 778 valence electrons. The van der Waals surface area contributed by atoms with Crippen molar-refractivity contribution in [3.05, 3.63) is 64.8 Å². The molecule has 7 rings (SSSR count). The van der Waals surface area contributed by atoms with Crippen LogP contribution in [0.4, 0.5) is 22.0 Å². The van der Waals surface area contributed by atoms with Crippen LogP contribution in [0.5, 0.6) is 5.75 Å². The number of benzene rings is 1. The summed E-state index contributed by atoms with van der Waals surface area (Å²) in [4.78, 5) is 92.7. The number of unbranched alkanes of at least 4 members (excludes halogenated alkanes) is 2. The smallest absolute Gasteiger partial charge is 0.313 e. The molecule has 6 amide bonds. The first-order valence-corrected chi connectivity index (χ1v) is 45.9. The fourth-order valence-corrected chi connectivity index (χ4v) is 13.4. The number of carbonyl (C=O) groups excluding carboxylic acids is 7. The third kappa shape index (κ3) is 46.2. The molecule has 1 aromatic carbocycles. The second kappa shape index (κ2) is 67.8. The highest BCUT2D eigenvalue weighted by Gasteiger charge is 2.40. The van der Waals surface area contributed by atoms with E-state index in [4.69, 9.17) is 75.8 Å². The van der Waals surface area contributed by atoms with Gasteiger partial charge in [-0.1, -0.05) is 15.6 Å². The molecular formula is C84H134F5N15O33. The predicted octanol–water partition coefficient (Wildman–Crippen LogP) is -4.39. The van der Waals surface area contributed by atoms with E-state index in [1.807, 2.05) is 0 Å². The van der Waals surface area contributed by atoms with Gasteiger partial charge in [-0.05, 0) is 44.9 Å². The molecule has 3 aliphatic rings. The van der Waals surface area contributed by atoms with Gasteiger partial charge in [-0.3, -0.25) is 33.6 Å². The summed E-state index contributed by atoms with van der Waals surface area (Å²) in [5.41, 5.74) is 1.90. The number of amides is 6. The topological polar surface area (TPSA) is 623 Å². The second-order valence-corrected chi connectivity index (χ2v) is 31.6. The van der Waals surface area contributed by atoms with E-state index in [1.165, 1.54) is 0 Å². The summed E-state index contributed by atoms with van der Waals surface area (Å²) in [5, 5.41) is 130. The van der Waals surface area contributed by atoms with Crippen molar-refractivity contribution in [3.8, 4) is 5.75 Å². The minimum atomic E-state index is -2.41. The molecule has 137 heavy (non-hydrogen) atoms. The number of hydrogen-bond acceptors (Lipinski definition) is 39. The number of aromatic nitrogens is 9. The number of hydrogen-bond donors (Lipinski definition) is 15. The number of nitrogens with one attached hydrogen (secondary N) is 6. The summed E-state index contributed by atoms with van der Waals surface area (Å²) in [5.74, 6) is -17.4. The molecule has 15 N–H and O–H groups in total. The van der Waals surface area contributed by atoms with Crippen LogP contribution in [-0.4, -0.2) is 416 Å². The van der Waals surface area contributed by atoms with Gasteiger partial charge in [0.1, 0.15) is 48.7 Å². The number of esters is 1. The Morgan fingerprint density at radius 1 is 0.358 bits per heavy atom. The molecule has 14 atom stereocenters.